The summed E-state index contributed by atoms with van der Waals surface area (Å²) >= 11 is 0. The molecule has 1 aromatic heterocycles. The lowest BCUT2D eigenvalue weighted by atomic mass is 10.0. The highest BCUT2D eigenvalue weighted by molar-refractivity contribution is 5.20. The Balaban J connectivity index is 2.06. The van der Waals surface area contributed by atoms with Gasteiger partial charge in [-0.2, -0.15) is 15.6 Å². The molecule has 0 unspecified atom stereocenters. The molecule has 0 fully saturated rings. The third-order valence-electron chi connectivity index (χ3n) is 3.79. The van der Waals surface area contributed by atoms with Gasteiger partial charge in [-0.25, -0.2) is 4.68 Å². The molecule has 1 aromatic rings. The van der Waals surface area contributed by atoms with Crippen LogP contribution in [0.15, 0.2) is 10.9 Å². The highest BCUT2D eigenvalue weighted by Crippen LogP contribution is 2.17. The van der Waals surface area contributed by atoms with Crippen molar-refractivity contribution in [1.82, 2.24) is 14.7 Å². The van der Waals surface area contributed by atoms with Crippen LogP contribution >= 0.6 is 0 Å². The Morgan fingerprint density at radius 1 is 1.48 bits per heavy atom. The van der Waals surface area contributed by atoms with Gasteiger partial charge in [0, 0.05) is 45.1 Å². The third-order valence-corrected chi connectivity index (χ3v) is 3.79. The van der Waals surface area contributed by atoms with E-state index in [2.05, 4.69) is 22.1 Å². The molecule has 0 spiro atoms. The van der Waals surface area contributed by atoms with Gasteiger partial charge in [-0.15, -0.1) is 0 Å². The molecule has 0 aliphatic carbocycles. The SMILES string of the molecule is CCn1nc2c(cc1=O)CN(C[C@@H](C#N)CCC#N)CC2. The second-order valence-electron chi connectivity index (χ2n) is 5.28. The predicted molar refractivity (Wildman–Crippen MR) is 77.1 cm³/mol. The first-order valence-electron chi connectivity index (χ1n) is 7.26. The van der Waals surface area contributed by atoms with Gasteiger partial charge < -0.3 is 0 Å². The summed E-state index contributed by atoms with van der Waals surface area (Å²) in [5.74, 6) is -0.129. The summed E-state index contributed by atoms with van der Waals surface area (Å²) in [6, 6.07) is 6.01. The topological polar surface area (TPSA) is 85.7 Å². The normalized spacial score (nSPS) is 15.8. The van der Waals surface area contributed by atoms with E-state index in [0.29, 0.717) is 32.5 Å². The van der Waals surface area contributed by atoms with Crippen molar-refractivity contribution in [3.8, 4) is 12.1 Å². The molecule has 1 aliphatic rings. The van der Waals surface area contributed by atoms with E-state index >= 15 is 0 Å². The second-order valence-corrected chi connectivity index (χ2v) is 5.28. The fourth-order valence-corrected chi connectivity index (χ4v) is 2.63. The van der Waals surface area contributed by atoms with E-state index in [9.17, 15) is 4.79 Å². The molecule has 0 radical (unpaired) electrons. The lowest BCUT2D eigenvalue weighted by Crippen LogP contribution is -2.37. The van der Waals surface area contributed by atoms with Crippen molar-refractivity contribution >= 4 is 0 Å². The summed E-state index contributed by atoms with van der Waals surface area (Å²) in [6.45, 7) is 4.64. The van der Waals surface area contributed by atoms with E-state index in [-0.39, 0.29) is 11.5 Å². The number of hydrogen-bond acceptors (Lipinski definition) is 5. The zero-order chi connectivity index (χ0) is 15.2. The smallest absolute Gasteiger partial charge is 0.267 e. The molecule has 0 aromatic carbocycles. The second kappa shape index (κ2) is 7.01. The summed E-state index contributed by atoms with van der Waals surface area (Å²) in [5, 5.41) is 22.1. The fraction of sp³-hybridized carbons (Fsp3) is 0.600. The maximum Gasteiger partial charge on any atom is 0.267 e. The minimum Gasteiger partial charge on any atom is -0.297 e. The molecule has 0 N–H and O–H groups in total. The lowest BCUT2D eigenvalue weighted by Gasteiger charge is -2.29. The van der Waals surface area contributed by atoms with E-state index in [0.717, 1.165) is 24.2 Å². The van der Waals surface area contributed by atoms with Crippen LogP contribution in [0.25, 0.3) is 0 Å². The van der Waals surface area contributed by atoms with Gasteiger partial charge in [0.25, 0.3) is 5.56 Å². The summed E-state index contributed by atoms with van der Waals surface area (Å²) in [6.07, 6.45) is 1.81. The van der Waals surface area contributed by atoms with Gasteiger partial charge in [-0.05, 0) is 18.9 Å². The average Bonchev–Trinajstić information content (AvgIpc) is 2.50. The molecule has 0 bridgehead atoms. The number of fused-ring (bicyclic) bond motifs is 1. The monoisotopic (exact) mass is 285 g/mol. The van der Waals surface area contributed by atoms with Crippen LogP contribution in [0.3, 0.4) is 0 Å². The quantitative estimate of drug-likeness (QED) is 0.807. The number of aromatic nitrogens is 2. The molecule has 1 aliphatic heterocycles. The Labute approximate surface area is 124 Å². The van der Waals surface area contributed by atoms with E-state index in [1.165, 1.54) is 4.68 Å². The van der Waals surface area contributed by atoms with Crippen LogP contribution in [0.4, 0.5) is 0 Å². The van der Waals surface area contributed by atoms with Crippen molar-refractivity contribution in [2.75, 3.05) is 13.1 Å². The number of nitriles is 2. The van der Waals surface area contributed by atoms with Gasteiger partial charge in [0.05, 0.1) is 23.8 Å². The number of rotatable bonds is 5. The number of nitrogens with zero attached hydrogens (tertiary/aromatic N) is 5. The molecule has 2 rings (SSSR count). The van der Waals surface area contributed by atoms with Gasteiger partial charge >= 0.3 is 0 Å². The van der Waals surface area contributed by atoms with Crippen molar-refractivity contribution < 1.29 is 0 Å². The Morgan fingerprint density at radius 3 is 2.95 bits per heavy atom. The third kappa shape index (κ3) is 3.68. The lowest BCUT2D eigenvalue weighted by molar-refractivity contribution is 0.224. The molecule has 1 atom stereocenters. The van der Waals surface area contributed by atoms with Gasteiger partial charge in [-0.1, -0.05) is 0 Å². The average molecular weight is 285 g/mol. The van der Waals surface area contributed by atoms with Gasteiger partial charge in [0.1, 0.15) is 0 Å². The van der Waals surface area contributed by atoms with Crippen LogP contribution in [0.5, 0.6) is 0 Å². The standard InChI is InChI=1S/C15H19N5O/c1-2-20-15(21)8-13-11-19(7-5-14(13)18-20)10-12(9-17)4-3-6-16/h8,12H,2-5,7,10-11H2,1H3/t12-/m1/s1. The van der Waals surface area contributed by atoms with Crippen molar-refractivity contribution in [3.63, 3.8) is 0 Å². The number of hydrogen-bond donors (Lipinski definition) is 0. The first kappa shape index (κ1) is 15.2. The molecule has 6 heteroatoms. The molecule has 110 valence electrons. The Bertz CT molecular complexity index is 637. The van der Waals surface area contributed by atoms with E-state index < -0.39 is 0 Å². The highest BCUT2D eigenvalue weighted by Gasteiger charge is 2.21. The molecule has 0 saturated carbocycles. The number of aryl methyl sites for hydroxylation is 1. The van der Waals surface area contributed by atoms with Crippen LogP contribution in [0.1, 0.15) is 31.0 Å². The molecule has 2 heterocycles. The Kier molecular flexibility index (Phi) is 5.08. The summed E-state index contributed by atoms with van der Waals surface area (Å²) in [7, 11) is 0. The zero-order valence-electron chi connectivity index (χ0n) is 12.2. The highest BCUT2D eigenvalue weighted by atomic mass is 16.1. The largest absolute Gasteiger partial charge is 0.297 e. The van der Waals surface area contributed by atoms with E-state index in [1.807, 2.05) is 6.92 Å². The zero-order valence-corrected chi connectivity index (χ0v) is 12.2. The maximum absolute atomic E-state index is 11.8. The fourth-order valence-electron chi connectivity index (χ4n) is 2.63. The summed E-state index contributed by atoms with van der Waals surface area (Å²) < 4.78 is 1.49. The first-order chi connectivity index (χ1) is 10.2. The minimum absolute atomic E-state index is 0.0700. The summed E-state index contributed by atoms with van der Waals surface area (Å²) in [5.41, 5.74) is 1.88. The predicted octanol–water partition coefficient (Wildman–Crippen LogP) is 1.06. The van der Waals surface area contributed by atoms with E-state index in [1.54, 1.807) is 6.07 Å². The van der Waals surface area contributed by atoms with Crippen molar-refractivity contribution in [3.05, 3.63) is 27.7 Å². The first-order valence-corrected chi connectivity index (χ1v) is 7.26. The van der Waals surface area contributed by atoms with Crippen LogP contribution in [0.2, 0.25) is 0 Å². The molecule has 21 heavy (non-hydrogen) atoms. The van der Waals surface area contributed by atoms with E-state index in [4.69, 9.17) is 10.5 Å². The maximum atomic E-state index is 11.8. The Morgan fingerprint density at radius 2 is 2.29 bits per heavy atom. The van der Waals surface area contributed by atoms with Crippen LogP contribution in [0, 0.1) is 28.6 Å². The molecular formula is C15H19N5O. The molecule has 0 amide bonds. The summed E-state index contributed by atoms with van der Waals surface area (Å²) in [4.78, 5) is 14.0. The van der Waals surface area contributed by atoms with Crippen LogP contribution in [-0.4, -0.2) is 27.8 Å². The van der Waals surface area contributed by atoms with Crippen molar-refractivity contribution in [2.45, 2.75) is 39.3 Å². The van der Waals surface area contributed by atoms with Crippen LogP contribution in [-0.2, 0) is 19.5 Å². The molecule has 0 saturated heterocycles. The van der Waals surface area contributed by atoms with Gasteiger partial charge in [0.2, 0.25) is 0 Å². The molecular weight excluding hydrogens is 266 g/mol. The van der Waals surface area contributed by atoms with Crippen molar-refractivity contribution in [2.24, 2.45) is 5.92 Å². The van der Waals surface area contributed by atoms with Crippen LogP contribution < -0.4 is 5.56 Å². The van der Waals surface area contributed by atoms with Gasteiger partial charge in [-0.3, -0.25) is 9.69 Å². The van der Waals surface area contributed by atoms with Gasteiger partial charge in [0.15, 0.2) is 0 Å². The molecule has 6 nitrogen and oxygen atoms in total. The Hall–Kier alpha value is -2.18. The minimum atomic E-state index is -0.129. The van der Waals surface area contributed by atoms with Crippen molar-refractivity contribution in [1.29, 1.82) is 10.5 Å².